The van der Waals surface area contributed by atoms with E-state index in [-0.39, 0.29) is 0 Å². The second-order valence-electron chi connectivity index (χ2n) is 2.54. The second kappa shape index (κ2) is 2.92. The lowest BCUT2D eigenvalue weighted by Crippen LogP contribution is -1.79. The third-order valence-electron chi connectivity index (χ3n) is 1.64. The minimum Gasteiger partial charge on any atom is -0.242 e. The Kier molecular flexibility index (Phi) is 1.90. The lowest BCUT2D eigenvalue weighted by Gasteiger charge is -1.96. The van der Waals surface area contributed by atoms with Gasteiger partial charge in [-0.25, -0.2) is 4.98 Å². The Labute approximate surface area is 79.7 Å². The minimum absolute atomic E-state index is 0.929. The molecule has 0 aliphatic carbocycles. The van der Waals surface area contributed by atoms with Crippen molar-refractivity contribution in [3.63, 3.8) is 0 Å². The van der Waals surface area contributed by atoms with Crippen LogP contribution < -0.4 is 0 Å². The summed E-state index contributed by atoms with van der Waals surface area (Å²) in [6.07, 6.45) is 0. The van der Waals surface area contributed by atoms with Gasteiger partial charge in [0.1, 0.15) is 3.82 Å². The summed E-state index contributed by atoms with van der Waals surface area (Å²) in [5.41, 5.74) is 0.999. The molecule has 2 rings (SSSR count). The molecule has 1 aromatic carbocycles. The van der Waals surface area contributed by atoms with Gasteiger partial charge in [-0.2, -0.15) is 0 Å². The van der Waals surface area contributed by atoms with Crippen LogP contribution in [-0.4, -0.2) is 4.98 Å². The van der Waals surface area contributed by atoms with Crippen molar-refractivity contribution in [3.8, 4) is 0 Å². The van der Waals surface area contributed by atoms with Gasteiger partial charge in [0.15, 0.2) is 0 Å². The average molecular weight is 193 g/mol. The highest BCUT2D eigenvalue weighted by Gasteiger charge is 1.96. The fraction of sp³-hybridized carbons (Fsp3) is 0.111. The van der Waals surface area contributed by atoms with Gasteiger partial charge in [-0.1, -0.05) is 30.4 Å². The number of hydrogen-bond acceptors (Lipinski definition) is 3. The molecule has 12 heavy (non-hydrogen) atoms. The summed E-state index contributed by atoms with van der Waals surface area (Å²) in [5, 5.41) is 2.11. The molecule has 0 saturated heterocycles. The summed E-state index contributed by atoms with van der Waals surface area (Å²) in [6, 6.07) is 7.97. The van der Waals surface area contributed by atoms with Gasteiger partial charge in [-0.05, 0) is 13.0 Å². The first-order valence-corrected chi connectivity index (χ1v) is 4.86. The van der Waals surface area contributed by atoms with E-state index in [9.17, 15) is 0 Å². The molecule has 0 bridgehead atoms. The average Bonchev–Trinajstić information content (AvgIpc) is 2.04. The molecule has 0 amide bonds. The molecule has 1 aromatic heterocycles. The standard InChI is InChI=1S/C9H7NS2/c1-6-10-8-5-3-2-4-7(8)9(11)12-6/h2-5H,1H3. The Morgan fingerprint density at radius 1 is 1.33 bits per heavy atom. The highest BCUT2D eigenvalue weighted by atomic mass is 32.1. The molecule has 1 nitrogen and oxygen atoms in total. The molecule has 0 fully saturated rings. The number of aryl methyl sites for hydroxylation is 1. The summed E-state index contributed by atoms with van der Waals surface area (Å²) >= 11 is 6.79. The van der Waals surface area contributed by atoms with Crippen molar-refractivity contribution < 1.29 is 0 Å². The highest BCUT2D eigenvalue weighted by Crippen LogP contribution is 2.17. The van der Waals surface area contributed by atoms with Gasteiger partial charge in [-0.3, -0.25) is 0 Å². The van der Waals surface area contributed by atoms with Gasteiger partial charge in [-0.15, -0.1) is 11.3 Å². The van der Waals surface area contributed by atoms with Gasteiger partial charge in [0.25, 0.3) is 0 Å². The molecule has 3 heteroatoms. The zero-order valence-corrected chi connectivity index (χ0v) is 8.21. The molecule has 0 saturated carbocycles. The van der Waals surface area contributed by atoms with Crippen molar-refractivity contribution >= 4 is 34.5 Å². The van der Waals surface area contributed by atoms with Crippen LogP contribution in [0.15, 0.2) is 24.3 Å². The molecule has 0 radical (unpaired) electrons. The van der Waals surface area contributed by atoms with E-state index in [2.05, 4.69) is 4.98 Å². The third-order valence-corrected chi connectivity index (χ3v) is 2.90. The van der Waals surface area contributed by atoms with E-state index >= 15 is 0 Å². The van der Waals surface area contributed by atoms with E-state index in [0.29, 0.717) is 0 Å². The summed E-state index contributed by atoms with van der Waals surface area (Å²) in [4.78, 5) is 4.39. The third kappa shape index (κ3) is 1.26. The summed E-state index contributed by atoms with van der Waals surface area (Å²) < 4.78 is 0.929. The van der Waals surface area contributed by atoms with E-state index in [1.165, 1.54) is 0 Å². The number of benzene rings is 1. The smallest absolute Gasteiger partial charge is 0.101 e. The molecule has 60 valence electrons. The van der Waals surface area contributed by atoms with Crippen molar-refractivity contribution in [2.75, 3.05) is 0 Å². The number of hydrogen-bond donors (Lipinski definition) is 0. The first kappa shape index (κ1) is 7.83. The van der Waals surface area contributed by atoms with Gasteiger partial charge in [0, 0.05) is 5.39 Å². The Morgan fingerprint density at radius 3 is 2.92 bits per heavy atom. The Morgan fingerprint density at radius 2 is 2.08 bits per heavy atom. The highest BCUT2D eigenvalue weighted by molar-refractivity contribution is 7.73. The number of nitrogens with zero attached hydrogens (tertiary/aromatic N) is 1. The van der Waals surface area contributed by atoms with Crippen LogP contribution in [-0.2, 0) is 0 Å². The second-order valence-corrected chi connectivity index (χ2v) is 4.41. The van der Waals surface area contributed by atoms with Crippen LogP contribution in [0.4, 0.5) is 0 Å². The zero-order valence-electron chi connectivity index (χ0n) is 6.57. The van der Waals surface area contributed by atoms with Crippen LogP contribution in [0.2, 0.25) is 0 Å². The normalized spacial score (nSPS) is 10.4. The molecule has 0 N–H and O–H groups in total. The van der Waals surface area contributed by atoms with Gasteiger partial charge in [0.05, 0.1) is 10.5 Å². The lowest BCUT2D eigenvalue weighted by atomic mass is 10.3. The van der Waals surface area contributed by atoms with Crippen molar-refractivity contribution in [1.29, 1.82) is 0 Å². The van der Waals surface area contributed by atoms with Crippen molar-refractivity contribution in [2.24, 2.45) is 0 Å². The molecular formula is C9H7NS2. The first-order chi connectivity index (χ1) is 5.77. The summed E-state index contributed by atoms with van der Waals surface area (Å²) in [7, 11) is 0. The summed E-state index contributed by atoms with van der Waals surface area (Å²) in [6.45, 7) is 1.98. The Hall–Kier alpha value is -0.800. The van der Waals surface area contributed by atoms with E-state index in [0.717, 1.165) is 19.7 Å². The van der Waals surface area contributed by atoms with Gasteiger partial charge >= 0.3 is 0 Å². The van der Waals surface area contributed by atoms with E-state index in [4.69, 9.17) is 12.2 Å². The number of fused-ring (bicyclic) bond motifs is 1. The molecule has 1 heterocycles. The maximum atomic E-state index is 5.22. The molecule has 0 spiro atoms. The minimum atomic E-state index is 0.929. The van der Waals surface area contributed by atoms with Crippen LogP contribution in [0, 0.1) is 10.7 Å². The van der Waals surface area contributed by atoms with Crippen molar-refractivity contribution in [3.05, 3.63) is 33.1 Å². The van der Waals surface area contributed by atoms with Crippen LogP contribution in [0.1, 0.15) is 5.01 Å². The van der Waals surface area contributed by atoms with Gasteiger partial charge in [0.2, 0.25) is 0 Å². The Bertz CT molecular complexity index is 473. The predicted molar refractivity (Wildman–Crippen MR) is 55.2 cm³/mol. The molecule has 0 unspecified atom stereocenters. The molecule has 0 aliphatic rings. The first-order valence-electron chi connectivity index (χ1n) is 3.64. The van der Waals surface area contributed by atoms with Gasteiger partial charge < -0.3 is 0 Å². The van der Waals surface area contributed by atoms with Crippen LogP contribution in [0.5, 0.6) is 0 Å². The fourth-order valence-corrected chi connectivity index (χ4v) is 2.35. The van der Waals surface area contributed by atoms with E-state index in [1.54, 1.807) is 11.3 Å². The monoisotopic (exact) mass is 193 g/mol. The predicted octanol–water partition coefficient (Wildman–Crippen LogP) is 3.33. The zero-order chi connectivity index (χ0) is 8.55. The molecule has 0 atom stereocenters. The SMILES string of the molecule is Cc1nc2ccccc2c(=S)s1. The number of aromatic nitrogens is 1. The quantitative estimate of drug-likeness (QED) is 0.595. The van der Waals surface area contributed by atoms with Crippen molar-refractivity contribution in [2.45, 2.75) is 6.92 Å². The van der Waals surface area contributed by atoms with Crippen LogP contribution >= 0.6 is 23.6 Å². The number of rotatable bonds is 0. The topological polar surface area (TPSA) is 12.9 Å². The van der Waals surface area contributed by atoms with Crippen LogP contribution in [0.25, 0.3) is 10.9 Å². The maximum Gasteiger partial charge on any atom is 0.101 e. The molecule has 2 aromatic rings. The number of para-hydroxylation sites is 1. The van der Waals surface area contributed by atoms with Crippen LogP contribution in [0.3, 0.4) is 0 Å². The summed E-state index contributed by atoms with van der Waals surface area (Å²) in [5.74, 6) is 0. The molecule has 0 aliphatic heterocycles. The lowest BCUT2D eigenvalue weighted by molar-refractivity contribution is 1.33. The largest absolute Gasteiger partial charge is 0.242 e. The Balaban J connectivity index is 2.99. The van der Waals surface area contributed by atoms with E-state index in [1.807, 2.05) is 31.2 Å². The van der Waals surface area contributed by atoms with Crippen molar-refractivity contribution in [1.82, 2.24) is 4.98 Å². The molecular weight excluding hydrogens is 186 g/mol. The maximum absolute atomic E-state index is 5.22. The van der Waals surface area contributed by atoms with E-state index < -0.39 is 0 Å². The fourth-order valence-electron chi connectivity index (χ4n) is 1.13.